The van der Waals surface area contributed by atoms with Gasteiger partial charge in [0.2, 0.25) is 0 Å². The van der Waals surface area contributed by atoms with Crippen molar-refractivity contribution in [2.24, 2.45) is 0 Å². The second kappa shape index (κ2) is 4.01. The van der Waals surface area contributed by atoms with Crippen molar-refractivity contribution < 1.29 is 13.2 Å². The van der Waals surface area contributed by atoms with Crippen molar-refractivity contribution in [3.63, 3.8) is 0 Å². The van der Waals surface area contributed by atoms with E-state index in [9.17, 15) is 13.2 Å². The van der Waals surface area contributed by atoms with Crippen LogP contribution in [0.1, 0.15) is 0 Å². The van der Waals surface area contributed by atoms with Crippen LogP contribution in [-0.2, 0) is 0 Å². The van der Waals surface area contributed by atoms with Crippen LogP contribution in [0.15, 0.2) is 30.3 Å². The molecule has 0 heterocycles. The normalized spacial score (nSPS) is 10.5. The summed E-state index contributed by atoms with van der Waals surface area (Å²) in [5.74, 6) is -2.54. The maximum absolute atomic E-state index is 13.7. The van der Waals surface area contributed by atoms with Gasteiger partial charge in [-0.25, -0.2) is 13.2 Å². The molecule has 2 rings (SSSR count). The van der Waals surface area contributed by atoms with Gasteiger partial charge in [0, 0.05) is 16.8 Å². The van der Waals surface area contributed by atoms with Gasteiger partial charge in [-0.05, 0) is 30.3 Å². The third-order valence-electron chi connectivity index (χ3n) is 2.41. The topological polar surface area (TPSA) is 52.0 Å². The Balaban J connectivity index is 2.65. The fourth-order valence-electron chi connectivity index (χ4n) is 1.53. The van der Waals surface area contributed by atoms with Crippen LogP contribution in [0.2, 0.25) is 0 Å². The highest BCUT2D eigenvalue weighted by molar-refractivity contribution is 5.70. The monoisotopic (exact) mass is 238 g/mol. The van der Waals surface area contributed by atoms with Crippen molar-refractivity contribution in [3.05, 3.63) is 47.8 Å². The Kier molecular flexibility index (Phi) is 2.67. The lowest BCUT2D eigenvalue weighted by atomic mass is 10.0. The van der Waals surface area contributed by atoms with Crippen molar-refractivity contribution in [2.45, 2.75) is 0 Å². The van der Waals surface area contributed by atoms with Crippen LogP contribution >= 0.6 is 0 Å². The number of benzene rings is 2. The SMILES string of the molecule is Nc1ccc(-c2ccc(F)c(N)c2F)c(F)c1. The molecule has 2 nitrogen and oxygen atoms in total. The first-order valence-electron chi connectivity index (χ1n) is 4.79. The summed E-state index contributed by atoms with van der Waals surface area (Å²) in [6.07, 6.45) is 0. The second-order valence-electron chi connectivity index (χ2n) is 3.56. The Morgan fingerprint density at radius 1 is 0.765 bits per heavy atom. The van der Waals surface area contributed by atoms with Gasteiger partial charge in [-0.3, -0.25) is 0 Å². The molecule has 0 aliphatic carbocycles. The van der Waals surface area contributed by atoms with Crippen molar-refractivity contribution in [2.75, 3.05) is 11.5 Å². The average Bonchev–Trinajstić information content (AvgIpc) is 2.28. The number of nitrogen functional groups attached to an aromatic ring is 2. The molecule has 0 bridgehead atoms. The quantitative estimate of drug-likeness (QED) is 0.750. The van der Waals surface area contributed by atoms with E-state index in [4.69, 9.17) is 11.5 Å². The highest BCUT2D eigenvalue weighted by Crippen LogP contribution is 2.30. The summed E-state index contributed by atoms with van der Waals surface area (Å²) in [6, 6.07) is 5.94. The molecule has 88 valence electrons. The summed E-state index contributed by atoms with van der Waals surface area (Å²) >= 11 is 0. The maximum Gasteiger partial charge on any atom is 0.157 e. The lowest BCUT2D eigenvalue weighted by molar-refractivity contribution is 0.590. The third kappa shape index (κ3) is 1.91. The highest BCUT2D eigenvalue weighted by atomic mass is 19.1. The Hall–Kier alpha value is -2.17. The van der Waals surface area contributed by atoms with E-state index in [1.807, 2.05) is 0 Å². The van der Waals surface area contributed by atoms with Gasteiger partial charge in [-0.15, -0.1) is 0 Å². The molecule has 0 spiro atoms. The Morgan fingerprint density at radius 3 is 2.06 bits per heavy atom. The minimum atomic E-state index is -0.978. The number of rotatable bonds is 1. The predicted molar refractivity (Wildman–Crippen MR) is 60.6 cm³/mol. The lowest BCUT2D eigenvalue weighted by Crippen LogP contribution is -1.99. The molecule has 0 aromatic heterocycles. The molecular weight excluding hydrogens is 229 g/mol. The van der Waals surface area contributed by atoms with Crippen LogP contribution in [0.25, 0.3) is 11.1 Å². The second-order valence-corrected chi connectivity index (χ2v) is 3.56. The van der Waals surface area contributed by atoms with Crippen molar-refractivity contribution >= 4 is 11.4 Å². The summed E-state index contributed by atoms with van der Waals surface area (Å²) < 4.78 is 40.2. The third-order valence-corrected chi connectivity index (χ3v) is 2.41. The van der Waals surface area contributed by atoms with E-state index in [1.165, 1.54) is 12.1 Å². The zero-order valence-corrected chi connectivity index (χ0v) is 8.68. The minimum Gasteiger partial charge on any atom is -0.399 e. The Morgan fingerprint density at radius 2 is 1.41 bits per heavy atom. The molecule has 0 aliphatic rings. The van der Waals surface area contributed by atoms with Crippen LogP contribution in [0.4, 0.5) is 24.5 Å². The number of nitrogens with two attached hydrogens (primary N) is 2. The van der Waals surface area contributed by atoms with Gasteiger partial charge in [0.15, 0.2) is 5.82 Å². The van der Waals surface area contributed by atoms with Crippen LogP contribution in [0.5, 0.6) is 0 Å². The fraction of sp³-hybridized carbons (Fsp3) is 0. The summed E-state index contributed by atoms with van der Waals surface area (Å²) in [5.41, 5.74) is 10.1. The molecule has 0 aliphatic heterocycles. The van der Waals surface area contributed by atoms with E-state index >= 15 is 0 Å². The van der Waals surface area contributed by atoms with E-state index < -0.39 is 23.1 Å². The van der Waals surface area contributed by atoms with Crippen molar-refractivity contribution in [3.8, 4) is 11.1 Å². The van der Waals surface area contributed by atoms with E-state index in [2.05, 4.69) is 0 Å². The molecular formula is C12H9F3N2. The average molecular weight is 238 g/mol. The van der Waals surface area contributed by atoms with Crippen molar-refractivity contribution in [1.29, 1.82) is 0 Å². The summed E-state index contributed by atoms with van der Waals surface area (Å²) in [5, 5.41) is 0. The van der Waals surface area contributed by atoms with Gasteiger partial charge in [0.05, 0.1) is 0 Å². The number of hydrogen-bond donors (Lipinski definition) is 2. The molecule has 0 unspecified atom stereocenters. The first-order valence-corrected chi connectivity index (χ1v) is 4.79. The van der Waals surface area contributed by atoms with E-state index in [-0.39, 0.29) is 16.8 Å². The predicted octanol–water partition coefficient (Wildman–Crippen LogP) is 2.94. The van der Waals surface area contributed by atoms with Crippen LogP contribution in [0.3, 0.4) is 0 Å². The molecule has 0 atom stereocenters. The molecule has 4 N–H and O–H groups in total. The van der Waals surface area contributed by atoms with Gasteiger partial charge in [-0.2, -0.15) is 0 Å². The van der Waals surface area contributed by atoms with Crippen LogP contribution < -0.4 is 11.5 Å². The summed E-state index contributed by atoms with van der Waals surface area (Å²) in [7, 11) is 0. The van der Waals surface area contributed by atoms with E-state index in [1.54, 1.807) is 0 Å². The summed E-state index contributed by atoms with van der Waals surface area (Å²) in [4.78, 5) is 0. The van der Waals surface area contributed by atoms with E-state index in [0.717, 1.165) is 18.2 Å². The van der Waals surface area contributed by atoms with Gasteiger partial charge in [0.1, 0.15) is 17.3 Å². The molecule has 0 amide bonds. The standard InChI is InChI=1S/C12H9F3N2/c13-9-4-3-8(11(15)12(9)17)7-2-1-6(16)5-10(7)14/h1-5H,16-17H2. The van der Waals surface area contributed by atoms with E-state index in [0.29, 0.717) is 0 Å². The first kappa shape index (κ1) is 11.3. The van der Waals surface area contributed by atoms with Crippen LogP contribution in [0, 0.1) is 17.5 Å². The zero-order chi connectivity index (χ0) is 12.6. The van der Waals surface area contributed by atoms with Crippen LogP contribution in [-0.4, -0.2) is 0 Å². The summed E-state index contributed by atoms with van der Waals surface area (Å²) in [6.45, 7) is 0. The van der Waals surface area contributed by atoms with Gasteiger partial charge < -0.3 is 11.5 Å². The lowest BCUT2D eigenvalue weighted by Gasteiger charge is -2.08. The molecule has 2 aromatic rings. The van der Waals surface area contributed by atoms with Gasteiger partial charge in [-0.1, -0.05) is 0 Å². The largest absolute Gasteiger partial charge is 0.399 e. The molecule has 0 saturated carbocycles. The molecule has 2 aromatic carbocycles. The zero-order valence-electron chi connectivity index (χ0n) is 8.68. The molecule has 0 radical (unpaired) electrons. The fourth-order valence-corrected chi connectivity index (χ4v) is 1.53. The van der Waals surface area contributed by atoms with Gasteiger partial charge >= 0.3 is 0 Å². The molecule has 17 heavy (non-hydrogen) atoms. The minimum absolute atomic E-state index is 0.0107. The number of anilines is 2. The first-order chi connectivity index (χ1) is 8.00. The molecule has 0 saturated heterocycles. The Labute approximate surface area is 95.7 Å². The van der Waals surface area contributed by atoms with Gasteiger partial charge in [0.25, 0.3) is 0 Å². The maximum atomic E-state index is 13.7. The molecule has 0 fully saturated rings. The number of hydrogen-bond acceptors (Lipinski definition) is 2. The molecule has 5 heteroatoms. The Bertz CT molecular complexity index is 582. The smallest absolute Gasteiger partial charge is 0.157 e. The van der Waals surface area contributed by atoms with Crippen molar-refractivity contribution in [1.82, 2.24) is 0 Å². The highest BCUT2D eigenvalue weighted by Gasteiger charge is 2.15. The number of halogens is 3.